The van der Waals surface area contributed by atoms with Crippen molar-refractivity contribution in [2.24, 2.45) is 0 Å². The van der Waals surface area contributed by atoms with E-state index in [4.69, 9.17) is 19.7 Å². The minimum atomic E-state index is -0.566. The minimum Gasteiger partial charge on any atom is -0.457 e. The Hall–Kier alpha value is -11.2. The molecule has 2 aliphatic carbocycles. The number of ether oxygens (including phenoxy) is 1. The van der Waals surface area contributed by atoms with E-state index in [0.717, 1.165) is 90.2 Å². The zero-order valence-electron chi connectivity index (χ0n) is 53.4. The predicted molar refractivity (Wildman–Crippen MR) is 392 cm³/mol. The van der Waals surface area contributed by atoms with Crippen molar-refractivity contribution < 1.29 is 4.74 Å². The monoisotopic (exact) mass is 1250 g/mol. The topological polar surface area (TPSA) is 47.9 Å². The summed E-state index contributed by atoms with van der Waals surface area (Å²) in [6.45, 7) is 7.21. The fourth-order valence-corrected chi connectivity index (χ4v) is 18.6. The molecule has 4 nitrogen and oxygen atoms in total. The number of hydrogen-bond donors (Lipinski definition) is 0. The standard InChI is InChI=1S/C91H63N3OS/c1-88(2)68-24-4-8-28-72(68)90(73-29-9-5-25-69(73)88)76-32-12-16-36-83(76)95-84-53-63(46-48-77(84)90)62-21-18-20-61(52-62)57-38-42-59(43-39-57)66-22-19-23-67-65(50-51-92-87(66)67)55-89(3)70-26-6-10-30-74(70)91(75-31-11-7-27-71(75)89)78-33-13-17-37-85(78)96-86-54-64(47-49-79(86)91)58-40-44-60(45-41-58)82-56-93-80-34-14-15-35-81(80)94-82/h4-54,56H,55H2,1-3H3. The van der Waals surface area contributed by atoms with E-state index in [9.17, 15) is 0 Å². The lowest BCUT2D eigenvalue weighted by Crippen LogP contribution is -2.45. The number of benzene rings is 13. The highest BCUT2D eigenvalue weighted by molar-refractivity contribution is 7.99. The lowest BCUT2D eigenvalue weighted by atomic mass is 9.53. The molecule has 2 spiro atoms. The van der Waals surface area contributed by atoms with Gasteiger partial charge in [-0.2, -0.15) is 0 Å². The van der Waals surface area contributed by atoms with E-state index in [-0.39, 0.29) is 5.41 Å². The van der Waals surface area contributed by atoms with Gasteiger partial charge in [0.1, 0.15) is 11.5 Å². The Balaban J connectivity index is 0.648. The van der Waals surface area contributed by atoms with Crippen molar-refractivity contribution in [3.63, 3.8) is 0 Å². The Morgan fingerprint density at radius 3 is 1.50 bits per heavy atom. The zero-order chi connectivity index (χ0) is 63.9. The molecule has 454 valence electrons. The van der Waals surface area contributed by atoms with Gasteiger partial charge in [-0.3, -0.25) is 9.97 Å². The highest BCUT2D eigenvalue weighted by atomic mass is 32.2. The van der Waals surface area contributed by atoms with E-state index >= 15 is 0 Å². The number of nitrogens with zero attached hydrogens (tertiary/aromatic N) is 3. The van der Waals surface area contributed by atoms with Crippen molar-refractivity contribution in [2.45, 2.75) is 58.6 Å². The first-order valence-corrected chi connectivity index (χ1v) is 34.1. The van der Waals surface area contributed by atoms with Gasteiger partial charge in [0, 0.05) is 54.5 Å². The van der Waals surface area contributed by atoms with Crippen LogP contribution in [-0.4, -0.2) is 15.0 Å². The third-order valence-electron chi connectivity index (χ3n) is 21.7. The fraction of sp³-hybridized carbons (Fsp3) is 0.0879. The summed E-state index contributed by atoms with van der Waals surface area (Å²) in [6.07, 6.45) is 4.68. The second-order valence-corrected chi connectivity index (χ2v) is 28.2. The van der Waals surface area contributed by atoms with Crippen LogP contribution in [0.5, 0.6) is 11.5 Å². The summed E-state index contributed by atoms with van der Waals surface area (Å²) < 4.78 is 6.99. The molecule has 13 aromatic carbocycles. The molecule has 2 aromatic heterocycles. The van der Waals surface area contributed by atoms with Crippen LogP contribution in [0.1, 0.15) is 93.1 Å². The Morgan fingerprint density at radius 2 is 0.812 bits per heavy atom. The first-order valence-electron chi connectivity index (χ1n) is 33.3. The molecule has 0 N–H and O–H groups in total. The van der Waals surface area contributed by atoms with Gasteiger partial charge >= 0.3 is 0 Å². The second-order valence-electron chi connectivity index (χ2n) is 27.1. The number of para-hydroxylation sites is 4. The maximum Gasteiger partial charge on any atom is 0.132 e. The second kappa shape index (κ2) is 21.4. The molecule has 2 aliphatic heterocycles. The third-order valence-corrected chi connectivity index (χ3v) is 22.9. The van der Waals surface area contributed by atoms with Crippen molar-refractivity contribution in [1.82, 2.24) is 15.0 Å². The molecule has 19 rings (SSSR count). The van der Waals surface area contributed by atoms with Crippen molar-refractivity contribution in [2.75, 3.05) is 0 Å². The van der Waals surface area contributed by atoms with Crippen LogP contribution < -0.4 is 4.74 Å². The first kappa shape index (κ1) is 56.3. The van der Waals surface area contributed by atoms with Gasteiger partial charge in [-0.05, 0) is 155 Å². The average Bonchev–Trinajstić information content (AvgIpc) is 0.683. The Kier molecular flexibility index (Phi) is 12.5. The lowest BCUT2D eigenvalue weighted by Gasteiger charge is -2.51. The van der Waals surface area contributed by atoms with Crippen LogP contribution in [-0.2, 0) is 28.1 Å². The van der Waals surface area contributed by atoms with Crippen LogP contribution in [0.4, 0.5) is 0 Å². The molecule has 0 amide bonds. The summed E-state index contributed by atoms with van der Waals surface area (Å²) in [6, 6.07) is 112. The molecular formula is C91H63N3OS. The van der Waals surface area contributed by atoms with Gasteiger partial charge in [0.05, 0.1) is 39.3 Å². The number of hydrogen-bond acceptors (Lipinski definition) is 5. The zero-order valence-corrected chi connectivity index (χ0v) is 54.2. The van der Waals surface area contributed by atoms with Crippen LogP contribution in [0.3, 0.4) is 0 Å². The Labute approximate surface area is 563 Å². The van der Waals surface area contributed by atoms with E-state index in [2.05, 4.69) is 300 Å². The number of fused-ring (bicyclic) bond motifs is 18. The lowest BCUT2D eigenvalue weighted by molar-refractivity contribution is 0.425. The van der Waals surface area contributed by atoms with E-state index in [1.807, 2.05) is 48.4 Å². The smallest absolute Gasteiger partial charge is 0.132 e. The van der Waals surface area contributed by atoms with Crippen molar-refractivity contribution in [1.29, 1.82) is 0 Å². The molecule has 4 aliphatic rings. The van der Waals surface area contributed by atoms with Gasteiger partial charge in [-0.15, -0.1) is 0 Å². The van der Waals surface area contributed by atoms with E-state index in [1.54, 1.807) is 0 Å². The summed E-state index contributed by atoms with van der Waals surface area (Å²) in [5, 5.41) is 1.17. The van der Waals surface area contributed by atoms with Crippen LogP contribution in [0.25, 0.3) is 77.7 Å². The Morgan fingerprint density at radius 1 is 0.333 bits per heavy atom. The average molecular weight is 1250 g/mol. The van der Waals surface area contributed by atoms with E-state index in [1.165, 1.54) is 87.5 Å². The molecule has 0 saturated heterocycles. The summed E-state index contributed by atoms with van der Waals surface area (Å²) in [5.41, 5.74) is 29.0. The molecule has 96 heavy (non-hydrogen) atoms. The maximum atomic E-state index is 6.99. The molecule has 0 unspecified atom stereocenters. The third kappa shape index (κ3) is 8.20. The quantitative estimate of drug-likeness (QED) is 0.159. The normalized spacial score (nSPS) is 15.0. The fourth-order valence-electron chi connectivity index (χ4n) is 17.3. The maximum absolute atomic E-state index is 6.99. The molecule has 0 radical (unpaired) electrons. The van der Waals surface area contributed by atoms with Gasteiger partial charge in [0.15, 0.2) is 0 Å². The first-order chi connectivity index (χ1) is 47.2. The van der Waals surface area contributed by atoms with Crippen molar-refractivity contribution in [3.8, 4) is 67.3 Å². The van der Waals surface area contributed by atoms with Gasteiger partial charge in [-0.1, -0.05) is 287 Å². The summed E-state index contributed by atoms with van der Waals surface area (Å²) in [7, 11) is 0. The molecule has 0 bridgehead atoms. The largest absolute Gasteiger partial charge is 0.457 e. The molecule has 0 saturated carbocycles. The van der Waals surface area contributed by atoms with Crippen LogP contribution in [0.15, 0.2) is 326 Å². The van der Waals surface area contributed by atoms with Crippen LogP contribution >= 0.6 is 11.8 Å². The highest BCUT2D eigenvalue weighted by Crippen LogP contribution is 2.64. The van der Waals surface area contributed by atoms with Gasteiger partial charge in [0.25, 0.3) is 0 Å². The van der Waals surface area contributed by atoms with Gasteiger partial charge in [-0.25, -0.2) is 4.98 Å². The van der Waals surface area contributed by atoms with E-state index in [0.29, 0.717) is 0 Å². The number of pyridine rings is 1. The van der Waals surface area contributed by atoms with Crippen molar-refractivity contribution in [3.05, 3.63) is 388 Å². The number of aromatic nitrogens is 3. The summed E-state index contributed by atoms with van der Waals surface area (Å²) in [5.74, 6) is 1.77. The molecule has 0 atom stereocenters. The SMILES string of the molecule is CC1(C)c2ccccc2C2(c3ccccc3Oc3cc(-c4cccc(-c5ccc(-c6cccc7c(CC8(C)c9ccccc9C9(c%10ccccc%10Sc%10cc(-c%11ccc(-c%12cnc%13ccccc%13n%12)cc%11)ccc%109)c9ccccc98)ccnc67)cc5)c4)ccc32)c2ccccc21. The van der Waals surface area contributed by atoms with Crippen LogP contribution in [0.2, 0.25) is 0 Å². The van der Waals surface area contributed by atoms with Crippen LogP contribution in [0, 0.1) is 0 Å². The summed E-state index contributed by atoms with van der Waals surface area (Å²) >= 11 is 1.88. The number of rotatable bonds is 7. The molecule has 4 heterocycles. The molecular weight excluding hydrogens is 1180 g/mol. The molecule has 5 heteroatoms. The molecule has 0 fully saturated rings. The summed E-state index contributed by atoms with van der Waals surface area (Å²) in [4.78, 5) is 17.4. The molecule has 15 aromatic rings. The predicted octanol–water partition coefficient (Wildman–Crippen LogP) is 22.4. The van der Waals surface area contributed by atoms with Gasteiger partial charge in [0.2, 0.25) is 0 Å². The van der Waals surface area contributed by atoms with Gasteiger partial charge < -0.3 is 4.74 Å². The minimum absolute atomic E-state index is 0.180. The Bertz CT molecular complexity index is 5610. The van der Waals surface area contributed by atoms with E-state index < -0.39 is 16.2 Å². The highest BCUT2D eigenvalue weighted by Gasteiger charge is 2.55. The van der Waals surface area contributed by atoms with Crippen molar-refractivity contribution >= 4 is 33.7 Å².